The lowest BCUT2D eigenvalue weighted by atomic mass is 9.94. The van der Waals surface area contributed by atoms with Crippen molar-refractivity contribution in [3.63, 3.8) is 0 Å². The third-order valence-corrected chi connectivity index (χ3v) is 3.41. The van der Waals surface area contributed by atoms with Crippen molar-refractivity contribution < 1.29 is 17.9 Å². The second-order valence-electron chi connectivity index (χ2n) is 4.77. The molecule has 2 unspecified atom stereocenters. The highest BCUT2D eigenvalue weighted by molar-refractivity contribution is 5.28. The summed E-state index contributed by atoms with van der Waals surface area (Å²) < 4.78 is 43.7. The Morgan fingerprint density at radius 1 is 1.37 bits per heavy atom. The Morgan fingerprint density at radius 3 is 2.84 bits per heavy atom. The smallest absolute Gasteiger partial charge is 0.373 e. The number of hydrogen-bond acceptors (Lipinski definition) is 2. The molecule has 0 amide bonds. The van der Waals surface area contributed by atoms with Crippen molar-refractivity contribution in [1.82, 2.24) is 5.32 Å². The Balaban J connectivity index is 2.16. The van der Waals surface area contributed by atoms with E-state index in [1.807, 2.05) is 6.92 Å². The number of ether oxygens (including phenoxy) is 1. The molecule has 1 aromatic carbocycles. The minimum absolute atomic E-state index is 0.235. The van der Waals surface area contributed by atoms with Crippen LogP contribution in [0.3, 0.4) is 0 Å². The van der Waals surface area contributed by atoms with Crippen LogP contribution >= 0.6 is 0 Å². The standard InChI is InChI=1S/C14H18F3NO/c1-2-18-9-11-6-7-19-13(11)10-4-3-5-12(8-10)14(15,16)17/h3-5,8,11,13,18H,2,6-7,9H2,1H3. The average Bonchev–Trinajstić information content (AvgIpc) is 2.83. The maximum absolute atomic E-state index is 12.7. The fourth-order valence-corrected chi connectivity index (χ4v) is 2.43. The summed E-state index contributed by atoms with van der Waals surface area (Å²) in [6.07, 6.45) is -3.65. The molecule has 0 aromatic heterocycles. The predicted molar refractivity (Wildman–Crippen MR) is 66.8 cm³/mol. The molecule has 0 saturated carbocycles. The Morgan fingerprint density at radius 2 is 2.16 bits per heavy atom. The molecule has 1 aromatic rings. The highest BCUT2D eigenvalue weighted by Gasteiger charge is 2.33. The van der Waals surface area contributed by atoms with E-state index in [9.17, 15) is 13.2 Å². The first kappa shape index (κ1) is 14.3. The first-order valence-electron chi connectivity index (χ1n) is 6.52. The van der Waals surface area contributed by atoms with Crippen molar-refractivity contribution in [2.45, 2.75) is 25.6 Å². The minimum atomic E-state index is -4.30. The number of alkyl halides is 3. The average molecular weight is 273 g/mol. The zero-order chi connectivity index (χ0) is 13.9. The molecule has 1 N–H and O–H groups in total. The molecule has 0 radical (unpaired) electrons. The van der Waals surface area contributed by atoms with Gasteiger partial charge >= 0.3 is 6.18 Å². The van der Waals surface area contributed by atoms with Crippen molar-refractivity contribution in [1.29, 1.82) is 0 Å². The molecule has 1 saturated heterocycles. The number of halogens is 3. The maximum Gasteiger partial charge on any atom is 0.416 e. The van der Waals surface area contributed by atoms with E-state index in [2.05, 4.69) is 5.32 Å². The van der Waals surface area contributed by atoms with Gasteiger partial charge in [-0.25, -0.2) is 0 Å². The Bertz CT molecular complexity index is 419. The van der Waals surface area contributed by atoms with E-state index in [0.717, 1.165) is 25.6 Å². The lowest BCUT2D eigenvalue weighted by Gasteiger charge is -2.20. The summed E-state index contributed by atoms with van der Waals surface area (Å²) in [7, 11) is 0. The van der Waals surface area contributed by atoms with Gasteiger partial charge in [-0.05, 0) is 30.7 Å². The zero-order valence-electron chi connectivity index (χ0n) is 10.8. The van der Waals surface area contributed by atoms with Crippen LogP contribution in [-0.4, -0.2) is 19.7 Å². The Hall–Kier alpha value is -1.07. The third kappa shape index (κ3) is 3.48. The number of rotatable bonds is 4. The summed E-state index contributed by atoms with van der Waals surface area (Å²) >= 11 is 0. The van der Waals surface area contributed by atoms with Gasteiger partial charge in [0.2, 0.25) is 0 Å². The van der Waals surface area contributed by atoms with Crippen LogP contribution in [0.2, 0.25) is 0 Å². The number of nitrogens with one attached hydrogen (secondary N) is 1. The van der Waals surface area contributed by atoms with Gasteiger partial charge < -0.3 is 10.1 Å². The summed E-state index contributed by atoms with van der Waals surface area (Å²) in [5.74, 6) is 0.239. The van der Waals surface area contributed by atoms with Crippen LogP contribution in [0.1, 0.15) is 30.6 Å². The Labute approximate surface area is 111 Å². The SMILES string of the molecule is CCNCC1CCOC1c1cccc(C(F)(F)F)c1. The van der Waals surface area contributed by atoms with Gasteiger partial charge in [0.05, 0.1) is 11.7 Å². The molecular weight excluding hydrogens is 255 g/mol. The van der Waals surface area contributed by atoms with Crippen LogP contribution in [0.4, 0.5) is 13.2 Å². The molecule has 1 aliphatic rings. The molecule has 106 valence electrons. The highest BCUT2D eigenvalue weighted by Crippen LogP contribution is 2.37. The second kappa shape index (κ2) is 5.92. The maximum atomic E-state index is 12.7. The molecule has 2 rings (SSSR count). The fraction of sp³-hybridized carbons (Fsp3) is 0.571. The van der Waals surface area contributed by atoms with Crippen LogP contribution in [-0.2, 0) is 10.9 Å². The number of hydrogen-bond donors (Lipinski definition) is 1. The zero-order valence-corrected chi connectivity index (χ0v) is 10.8. The van der Waals surface area contributed by atoms with Gasteiger partial charge in [-0.2, -0.15) is 13.2 Å². The van der Waals surface area contributed by atoms with E-state index in [1.165, 1.54) is 12.1 Å². The molecule has 1 heterocycles. The van der Waals surface area contributed by atoms with Gasteiger partial charge in [0.1, 0.15) is 0 Å². The van der Waals surface area contributed by atoms with Crippen molar-refractivity contribution in [3.8, 4) is 0 Å². The molecule has 1 aliphatic heterocycles. The molecule has 0 bridgehead atoms. The Kier molecular flexibility index (Phi) is 4.47. The lowest BCUT2D eigenvalue weighted by molar-refractivity contribution is -0.137. The fourth-order valence-electron chi connectivity index (χ4n) is 2.43. The van der Waals surface area contributed by atoms with Crippen LogP contribution in [0, 0.1) is 5.92 Å². The molecule has 0 aliphatic carbocycles. The quantitative estimate of drug-likeness (QED) is 0.908. The van der Waals surface area contributed by atoms with E-state index < -0.39 is 11.7 Å². The van der Waals surface area contributed by atoms with E-state index in [-0.39, 0.29) is 12.0 Å². The molecule has 19 heavy (non-hydrogen) atoms. The van der Waals surface area contributed by atoms with Crippen LogP contribution < -0.4 is 5.32 Å². The van der Waals surface area contributed by atoms with Gasteiger partial charge in [0.25, 0.3) is 0 Å². The van der Waals surface area contributed by atoms with E-state index in [0.29, 0.717) is 12.2 Å². The predicted octanol–water partition coefficient (Wildman–Crippen LogP) is 3.39. The lowest BCUT2D eigenvalue weighted by Crippen LogP contribution is -2.24. The second-order valence-corrected chi connectivity index (χ2v) is 4.77. The largest absolute Gasteiger partial charge is 0.416 e. The number of benzene rings is 1. The molecule has 2 atom stereocenters. The van der Waals surface area contributed by atoms with Gasteiger partial charge in [-0.15, -0.1) is 0 Å². The molecule has 0 spiro atoms. The summed E-state index contributed by atoms with van der Waals surface area (Å²) in [6.45, 7) is 4.25. The van der Waals surface area contributed by atoms with Gasteiger partial charge in [-0.3, -0.25) is 0 Å². The van der Waals surface area contributed by atoms with Crippen LogP contribution in [0.25, 0.3) is 0 Å². The summed E-state index contributed by atoms with van der Waals surface area (Å²) in [5, 5.41) is 3.23. The van der Waals surface area contributed by atoms with Crippen molar-refractivity contribution >= 4 is 0 Å². The molecule has 2 nitrogen and oxygen atoms in total. The van der Waals surface area contributed by atoms with Crippen LogP contribution in [0.15, 0.2) is 24.3 Å². The first-order chi connectivity index (χ1) is 9.02. The van der Waals surface area contributed by atoms with E-state index >= 15 is 0 Å². The van der Waals surface area contributed by atoms with Crippen LogP contribution in [0.5, 0.6) is 0 Å². The van der Waals surface area contributed by atoms with Gasteiger partial charge in [0, 0.05) is 19.1 Å². The minimum Gasteiger partial charge on any atom is -0.373 e. The van der Waals surface area contributed by atoms with Gasteiger partial charge in [-0.1, -0.05) is 19.1 Å². The third-order valence-electron chi connectivity index (χ3n) is 3.41. The molecule has 1 fully saturated rings. The summed E-state index contributed by atoms with van der Waals surface area (Å²) in [4.78, 5) is 0. The monoisotopic (exact) mass is 273 g/mol. The topological polar surface area (TPSA) is 21.3 Å². The molecular formula is C14H18F3NO. The summed E-state index contributed by atoms with van der Waals surface area (Å²) in [5.41, 5.74) is 0.0120. The first-order valence-corrected chi connectivity index (χ1v) is 6.52. The normalized spacial score (nSPS) is 23.8. The van der Waals surface area contributed by atoms with E-state index in [4.69, 9.17) is 4.74 Å². The molecule has 5 heteroatoms. The van der Waals surface area contributed by atoms with Crippen molar-refractivity contribution in [2.75, 3.05) is 19.7 Å². The van der Waals surface area contributed by atoms with Gasteiger partial charge in [0.15, 0.2) is 0 Å². The van der Waals surface area contributed by atoms with E-state index in [1.54, 1.807) is 6.07 Å². The summed E-state index contributed by atoms with van der Waals surface area (Å²) in [6, 6.07) is 5.46. The van der Waals surface area contributed by atoms with Crippen molar-refractivity contribution in [3.05, 3.63) is 35.4 Å². The van der Waals surface area contributed by atoms with Crippen molar-refractivity contribution in [2.24, 2.45) is 5.92 Å². The highest BCUT2D eigenvalue weighted by atomic mass is 19.4.